The molecule has 0 saturated heterocycles. The van der Waals surface area contributed by atoms with Gasteiger partial charge >= 0.3 is 8.80 Å². The average molecular weight is 322 g/mol. The summed E-state index contributed by atoms with van der Waals surface area (Å²) in [5.41, 5.74) is 5.47. The monoisotopic (exact) mass is 321 g/mol. The van der Waals surface area contributed by atoms with Crippen LogP contribution in [0.1, 0.15) is 54.2 Å². The van der Waals surface area contributed by atoms with Gasteiger partial charge < -0.3 is 24.3 Å². The minimum atomic E-state index is -2.60. The first-order valence-electron chi connectivity index (χ1n) is 8.99. The number of rotatable bonds is 16. The van der Waals surface area contributed by atoms with Crippen LogP contribution in [-0.2, 0) is 13.3 Å². The number of nitrogens with two attached hydrogens (primary N) is 1. The molecule has 0 amide bonds. The van der Waals surface area contributed by atoms with Crippen molar-refractivity contribution in [1.29, 1.82) is 0 Å². The van der Waals surface area contributed by atoms with Crippen molar-refractivity contribution in [3.63, 3.8) is 0 Å². The lowest BCUT2D eigenvalue weighted by molar-refractivity contribution is 0.0708. The molecule has 0 aromatic heterocycles. The lowest BCUT2D eigenvalue weighted by atomic mass is 10.2. The zero-order valence-electron chi connectivity index (χ0n) is 15.2. The van der Waals surface area contributed by atoms with Crippen molar-refractivity contribution < 1.29 is 14.6 Å². The molecular weight excluding hydrogens is 284 g/mol. The fraction of sp³-hybridized carbons (Fsp3) is 1.00. The van der Waals surface area contributed by atoms with E-state index in [2.05, 4.69) is 5.32 Å². The summed E-state index contributed by atoms with van der Waals surface area (Å²) < 4.78 is 25.5. The summed E-state index contributed by atoms with van der Waals surface area (Å²) in [7, 11) is -2.60. The third kappa shape index (κ3) is 11.3. The molecule has 6 heteroatoms. The molecule has 0 spiro atoms. The highest BCUT2D eigenvalue weighted by atomic mass is 28.4. The Bertz CT molecular complexity index is 234. The van der Waals surface area contributed by atoms with E-state index in [1.807, 2.05) is 20.8 Å². The zero-order valence-corrected chi connectivity index (χ0v) is 15.2. The number of hydrogen-bond acceptors (Lipinski definition) is 5. The minimum Gasteiger partial charge on any atom is -0.374 e. The van der Waals surface area contributed by atoms with Gasteiger partial charge in [0.25, 0.3) is 0 Å². The van der Waals surface area contributed by atoms with Crippen LogP contribution >= 0.6 is 0 Å². The lowest BCUT2D eigenvalue weighted by Gasteiger charge is -2.28. The Morgan fingerprint density at radius 3 is 2.00 bits per heavy atom. The Morgan fingerprint density at radius 2 is 1.48 bits per heavy atom. The quantitative estimate of drug-likeness (QED) is 0.338. The highest BCUT2D eigenvalue weighted by molar-refractivity contribution is 6.60. The molecule has 1 atom stereocenters. The second-order valence-corrected chi connectivity index (χ2v) is 7.61. The molecule has 128 valence electrons. The van der Waals surface area contributed by atoms with Gasteiger partial charge in [0.1, 0.15) is 0 Å². The second-order valence-electron chi connectivity index (χ2n) is 4.88. The standard InChI is InChI=1S/C15H36N2O3Si/c1-4-18-21(19-5-2,20-6-3)15-11-14-17-13-10-8-7-9-12-16/h17H,4-16H2,1-3H3/i14D. The molecule has 0 bridgehead atoms. The Hall–Kier alpha value is 0.0169. The van der Waals surface area contributed by atoms with Crippen LogP contribution in [0.3, 0.4) is 0 Å². The van der Waals surface area contributed by atoms with E-state index >= 15 is 0 Å². The van der Waals surface area contributed by atoms with Crippen LogP contribution in [0.15, 0.2) is 0 Å². The highest BCUT2D eigenvalue weighted by Gasteiger charge is 2.39. The van der Waals surface area contributed by atoms with Crippen LogP contribution in [0.5, 0.6) is 0 Å². The van der Waals surface area contributed by atoms with Gasteiger partial charge in [-0.1, -0.05) is 12.8 Å². The summed E-state index contributed by atoms with van der Waals surface area (Å²) in [6.45, 7) is 8.99. The smallest absolute Gasteiger partial charge is 0.374 e. The minimum absolute atomic E-state index is 0.289. The maximum absolute atomic E-state index is 8.09. The van der Waals surface area contributed by atoms with Crippen LogP contribution < -0.4 is 11.1 Å². The van der Waals surface area contributed by atoms with Crippen molar-refractivity contribution in [1.82, 2.24) is 5.32 Å². The number of unbranched alkanes of at least 4 members (excludes halogenated alkanes) is 3. The maximum Gasteiger partial charge on any atom is 0.500 e. The molecule has 0 aliphatic carbocycles. The van der Waals surface area contributed by atoms with Crippen LogP contribution in [-0.4, -0.2) is 48.2 Å². The molecule has 0 aliphatic heterocycles. The number of hydrogen-bond donors (Lipinski definition) is 2. The van der Waals surface area contributed by atoms with Gasteiger partial charge in [-0.15, -0.1) is 0 Å². The molecule has 21 heavy (non-hydrogen) atoms. The Balaban J connectivity index is 4.01. The van der Waals surface area contributed by atoms with Crippen molar-refractivity contribution >= 4 is 8.80 Å². The zero-order chi connectivity index (χ0) is 16.7. The van der Waals surface area contributed by atoms with E-state index in [4.69, 9.17) is 20.4 Å². The van der Waals surface area contributed by atoms with Crippen molar-refractivity contribution in [3.8, 4) is 0 Å². The predicted octanol–water partition coefficient (Wildman–Crippen LogP) is 2.53. The van der Waals surface area contributed by atoms with E-state index in [1.54, 1.807) is 0 Å². The molecule has 3 N–H and O–H groups in total. The summed E-state index contributed by atoms with van der Waals surface area (Å²) in [6.07, 6.45) is 5.23. The second kappa shape index (κ2) is 14.9. The van der Waals surface area contributed by atoms with E-state index < -0.39 is 8.80 Å². The third-order valence-corrected chi connectivity index (χ3v) is 6.19. The molecule has 0 radical (unpaired) electrons. The van der Waals surface area contributed by atoms with Gasteiger partial charge in [-0.3, -0.25) is 0 Å². The van der Waals surface area contributed by atoms with Gasteiger partial charge in [-0.05, 0) is 59.6 Å². The molecule has 0 aliphatic rings. The van der Waals surface area contributed by atoms with Gasteiger partial charge in [0, 0.05) is 27.2 Å². The van der Waals surface area contributed by atoms with Crippen LogP contribution in [0, 0.1) is 0 Å². The van der Waals surface area contributed by atoms with E-state index in [1.165, 1.54) is 12.8 Å². The molecule has 0 aromatic rings. The van der Waals surface area contributed by atoms with Gasteiger partial charge in [0.15, 0.2) is 0 Å². The molecule has 0 aromatic carbocycles. The summed E-state index contributed by atoms with van der Waals surface area (Å²) >= 11 is 0. The first-order chi connectivity index (χ1) is 10.6. The van der Waals surface area contributed by atoms with E-state index in [0.717, 1.165) is 25.9 Å². The Labute approximate surface area is 133 Å². The summed E-state index contributed by atoms with van der Waals surface area (Å²) in [5.74, 6) is 0. The molecule has 0 heterocycles. The first-order valence-corrected chi connectivity index (χ1v) is 10.3. The number of nitrogens with one attached hydrogen (secondary N) is 1. The molecular formula is C15H36N2O3Si. The molecule has 0 saturated carbocycles. The largest absolute Gasteiger partial charge is 0.500 e. The third-order valence-electron chi connectivity index (χ3n) is 3.11. The Morgan fingerprint density at radius 1 is 0.905 bits per heavy atom. The average Bonchev–Trinajstić information content (AvgIpc) is 2.49. The summed E-state index contributed by atoms with van der Waals surface area (Å²) in [6, 6.07) is 0.691. The van der Waals surface area contributed by atoms with Gasteiger partial charge in [0.2, 0.25) is 0 Å². The first kappa shape index (κ1) is 19.1. The maximum atomic E-state index is 8.09. The highest BCUT2D eigenvalue weighted by Crippen LogP contribution is 2.17. The van der Waals surface area contributed by atoms with Gasteiger partial charge in [-0.25, -0.2) is 0 Å². The van der Waals surface area contributed by atoms with Crippen molar-refractivity contribution in [2.75, 3.05) is 39.4 Å². The van der Waals surface area contributed by atoms with Crippen molar-refractivity contribution in [2.24, 2.45) is 5.73 Å². The van der Waals surface area contributed by atoms with Crippen LogP contribution in [0.2, 0.25) is 6.04 Å². The molecule has 5 nitrogen and oxygen atoms in total. The molecule has 1 unspecified atom stereocenters. The molecule has 0 fully saturated rings. The van der Waals surface area contributed by atoms with Gasteiger partial charge in [-0.2, -0.15) is 0 Å². The van der Waals surface area contributed by atoms with E-state index in [0.29, 0.717) is 32.3 Å². The van der Waals surface area contributed by atoms with Crippen LogP contribution in [0.4, 0.5) is 0 Å². The topological polar surface area (TPSA) is 65.7 Å². The normalized spacial score (nSPS) is 14.2. The van der Waals surface area contributed by atoms with E-state index in [-0.39, 0.29) is 6.52 Å². The van der Waals surface area contributed by atoms with Gasteiger partial charge in [0.05, 0.1) is 0 Å². The SMILES string of the molecule is [2H]C(CC[Si](OCC)(OCC)OCC)NCCCCCCN. The Kier molecular flexibility index (Phi) is 13.6. The van der Waals surface area contributed by atoms with Crippen molar-refractivity contribution in [2.45, 2.75) is 58.9 Å². The lowest BCUT2D eigenvalue weighted by Crippen LogP contribution is -2.46. The fourth-order valence-corrected chi connectivity index (χ4v) is 4.68. The van der Waals surface area contributed by atoms with Crippen LogP contribution in [0.25, 0.3) is 0 Å². The predicted molar refractivity (Wildman–Crippen MR) is 90.4 cm³/mol. The summed E-state index contributed by atoms with van der Waals surface area (Å²) in [4.78, 5) is 0. The summed E-state index contributed by atoms with van der Waals surface area (Å²) in [5, 5.41) is 3.25. The fourth-order valence-electron chi connectivity index (χ4n) is 2.18. The van der Waals surface area contributed by atoms with E-state index in [9.17, 15) is 0 Å². The molecule has 0 rings (SSSR count). The van der Waals surface area contributed by atoms with Crippen molar-refractivity contribution in [3.05, 3.63) is 0 Å².